The van der Waals surface area contributed by atoms with Crippen LogP contribution in [0.15, 0.2) is 18.3 Å². The van der Waals surface area contributed by atoms with Crippen molar-refractivity contribution < 1.29 is 8.42 Å². The third-order valence-electron chi connectivity index (χ3n) is 2.74. The Labute approximate surface area is 90.0 Å². The standard InChI is InChI=1S/C10H16N2O2S/c13-15(14)5-3-9(8-15)6-11-7-10-2-1-4-12-10/h1-2,4,9,11-12H,3,5-8H2. The van der Waals surface area contributed by atoms with Crippen molar-refractivity contribution in [1.29, 1.82) is 0 Å². The van der Waals surface area contributed by atoms with Crippen LogP contribution in [0.5, 0.6) is 0 Å². The molecule has 1 aliphatic rings. The second-order valence-corrected chi connectivity index (χ2v) is 6.32. The molecule has 0 bridgehead atoms. The van der Waals surface area contributed by atoms with E-state index in [0.717, 1.165) is 25.2 Å². The molecule has 5 heteroatoms. The Morgan fingerprint density at radius 1 is 1.53 bits per heavy atom. The molecule has 0 amide bonds. The summed E-state index contributed by atoms with van der Waals surface area (Å²) in [6.45, 7) is 1.57. The van der Waals surface area contributed by atoms with E-state index in [1.165, 1.54) is 0 Å². The van der Waals surface area contributed by atoms with Gasteiger partial charge in [-0.3, -0.25) is 0 Å². The van der Waals surface area contributed by atoms with E-state index < -0.39 is 9.84 Å². The van der Waals surface area contributed by atoms with Gasteiger partial charge < -0.3 is 10.3 Å². The summed E-state index contributed by atoms with van der Waals surface area (Å²) < 4.78 is 22.4. The molecular formula is C10H16N2O2S. The SMILES string of the molecule is O=S1(=O)CCC(CNCc2ccc[nH]2)C1. The highest BCUT2D eigenvalue weighted by atomic mass is 32.2. The van der Waals surface area contributed by atoms with E-state index in [-0.39, 0.29) is 0 Å². The number of nitrogens with one attached hydrogen (secondary N) is 2. The number of hydrogen-bond acceptors (Lipinski definition) is 3. The highest BCUT2D eigenvalue weighted by Crippen LogP contribution is 2.17. The zero-order valence-electron chi connectivity index (χ0n) is 8.57. The van der Waals surface area contributed by atoms with E-state index in [0.29, 0.717) is 17.4 Å². The van der Waals surface area contributed by atoms with Crippen molar-refractivity contribution in [3.8, 4) is 0 Å². The highest BCUT2D eigenvalue weighted by molar-refractivity contribution is 7.91. The summed E-state index contributed by atoms with van der Waals surface area (Å²) >= 11 is 0. The van der Waals surface area contributed by atoms with Crippen LogP contribution in [0, 0.1) is 5.92 Å². The van der Waals surface area contributed by atoms with Gasteiger partial charge in [0.1, 0.15) is 0 Å². The molecule has 1 aliphatic heterocycles. The van der Waals surface area contributed by atoms with Gasteiger partial charge in [-0.15, -0.1) is 0 Å². The van der Waals surface area contributed by atoms with Crippen molar-refractivity contribution in [3.05, 3.63) is 24.0 Å². The summed E-state index contributed by atoms with van der Waals surface area (Å²) in [6.07, 6.45) is 2.69. The summed E-state index contributed by atoms with van der Waals surface area (Å²) in [5.74, 6) is 1.01. The Morgan fingerprint density at radius 3 is 3.00 bits per heavy atom. The lowest BCUT2D eigenvalue weighted by Crippen LogP contribution is -2.23. The van der Waals surface area contributed by atoms with Gasteiger partial charge in [0, 0.05) is 18.4 Å². The molecule has 0 aromatic carbocycles. The molecule has 84 valence electrons. The molecule has 2 N–H and O–H groups in total. The van der Waals surface area contributed by atoms with E-state index in [1.54, 1.807) is 0 Å². The molecule has 2 heterocycles. The summed E-state index contributed by atoms with van der Waals surface area (Å²) in [5, 5.41) is 3.27. The van der Waals surface area contributed by atoms with Gasteiger partial charge in [-0.25, -0.2) is 8.42 Å². The second kappa shape index (κ2) is 4.37. The maximum absolute atomic E-state index is 11.2. The number of aromatic amines is 1. The summed E-state index contributed by atoms with van der Waals surface area (Å²) in [6, 6.07) is 3.97. The third kappa shape index (κ3) is 3.07. The zero-order valence-corrected chi connectivity index (χ0v) is 9.39. The lowest BCUT2D eigenvalue weighted by atomic mass is 10.1. The lowest BCUT2D eigenvalue weighted by Gasteiger charge is -2.08. The van der Waals surface area contributed by atoms with Crippen LogP contribution in [0.3, 0.4) is 0 Å². The van der Waals surface area contributed by atoms with Crippen LogP contribution in [0.1, 0.15) is 12.1 Å². The van der Waals surface area contributed by atoms with Crippen molar-refractivity contribution in [2.45, 2.75) is 13.0 Å². The maximum Gasteiger partial charge on any atom is 0.150 e. The summed E-state index contributed by atoms with van der Waals surface area (Å²) in [5.41, 5.74) is 1.14. The molecule has 0 saturated carbocycles. The van der Waals surface area contributed by atoms with E-state index in [4.69, 9.17) is 0 Å². The van der Waals surface area contributed by atoms with Gasteiger partial charge in [-0.2, -0.15) is 0 Å². The van der Waals surface area contributed by atoms with E-state index in [9.17, 15) is 8.42 Å². The lowest BCUT2D eigenvalue weighted by molar-refractivity contribution is 0.518. The topological polar surface area (TPSA) is 62.0 Å². The maximum atomic E-state index is 11.2. The summed E-state index contributed by atoms with van der Waals surface area (Å²) in [4.78, 5) is 3.10. The quantitative estimate of drug-likeness (QED) is 0.790. The fraction of sp³-hybridized carbons (Fsp3) is 0.600. The molecule has 1 aromatic rings. The Bertz CT molecular complexity index is 397. The first-order chi connectivity index (χ1) is 7.16. The largest absolute Gasteiger partial charge is 0.364 e. The zero-order chi connectivity index (χ0) is 10.7. The first-order valence-electron chi connectivity index (χ1n) is 5.19. The van der Waals surface area contributed by atoms with Gasteiger partial charge in [0.2, 0.25) is 0 Å². The molecule has 0 radical (unpaired) electrons. The first-order valence-corrected chi connectivity index (χ1v) is 7.01. The number of aromatic nitrogens is 1. The average Bonchev–Trinajstić information content (AvgIpc) is 2.76. The molecule has 1 fully saturated rings. The first kappa shape index (κ1) is 10.7. The number of sulfone groups is 1. The Hall–Kier alpha value is -0.810. The molecule has 15 heavy (non-hydrogen) atoms. The molecule has 1 atom stereocenters. The third-order valence-corrected chi connectivity index (χ3v) is 4.57. The van der Waals surface area contributed by atoms with Crippen molar-refractivity contribution in [2.24, 2.45) is 5.92 Å². The van der Waals surface area contributed by atoms with Crippen LogP contribution in [-0.4, -0.2) is 31.5 Å². The second-order valence-electron chi connectivity index (χ2n) is 4.10. The van der Waals surface area contributed by atoms with E-state index >= 15 is 0 Å². The van der Waals surface area contributed by atoms with Crippen LogP contribution in [-0.2, 0) is 16.4 Å². The Balaban J connectivity index is 1.71. The van der Waals surface area contributed by atoms with Gasteiger partial charge in [-0.1, -0.05) is 0 Å². The average molecular weight is 228 g/mol. The monoisotopic (exact) mass is 228 g/mol. The molecule has 1 unspecified atom stereocenters. The van der Waals surface area contributed by atoms with Crippen LogP contribution < -0.4 is 5.32 Å². The number of H-pyrrole nitrogens is 1. The van der Waals surface area contributed by atoms with Gasteiger partial charge in [0.05, 0.1) is 11.5 Å². The van der Waals surface area contributed by atoms with Crippen LogP contribution in [0.25, 0.3) is 0 Å². The van der Waals surface area contributed by atoms with E-state index in [2.05, 4.69) is 10.3 Å². The van der Waals surface area contributed by atoms with Gasteiger partial charge in [-0.05, 0) is 31.0 Å². The smallest absolute Gasteiger partial charge is 0.150 e. The fourth-order valence-electron chi connectivity index (χ4n) is 1.92. The minimum atomic E-state index is -2.73. The van der Waals surface area contributed by atoms with E-state index in [1.807, 2.05) is 18.3 Å². The normalized spacial score (nSPS) is 24.4. The minimum Gasteiger partial charge on any atom is -0.364 e. The van der Waals surface area contributed by atoms with Gasteiger partial charge in [0.15, 0.2) is 9.84 Å². The van der Waals surface area contributed by atoms with Crippen molar-refractivity contribution >= 4 is 9.84 Å². The van der Waals surface area contributed by atoms with Crippen LogP contribution >= 0.6 is 0 Å². The van der Waals surface area contributed by atoms with Crippen LogP contribution in [0.4, 0.5) is 0 Å². The molecule has 2 rings (SSSR count). The molecule has 4 nitrogen and oxygen atoms in total. The Morgan fingerprint density at radius 2 is 2.40 bits per heavy atom. The number of rotatable bonds is 4. The van der Waals surface area contributed by atoms with Crippen molar-refractivity contribution in [2.75, 3.05) is 18.1 Å². The van der Waals surface area contributed by atoms with Crippen molar-refractivity contribution in [3.63, 3.8) is 0 Å². The minimum absolute atomic E-state index is 0.296. The Kier molecular flexibility index (Phi) is 3.11. The molecule has 0 aliphatic carbocycles. The molecule has 1 saturated heterocycles. The van der Waals surface area contributed by atoms with Crippen LogP contribution in [0.2, 0.25) is 0 Å². The highest BCUT2D eigenvalue weighted by Gasteiger charge is 2.27. The van der Waals surface area contributed by atoms with Gasteiger partial charge >= 0.3 is 0 Å². The fourth-order valence-corrected chi connectivity index (χ4v) is 3.78. The molecule has 1 aromatic heterocycles. The summed E-state index contributed by atoms with van der Waals surface area (Å²) in [7, 11) is -2.73. The number of hydrogen-bond donors (Lipinski definition) is 2. The van der Waals surface area contributed by atoms with Gasteiger partial charge in [0.25, 0.3) is 0 Å². The van der Waals surface area contributed by atoms with Crippen molar-refractivity contribution in [1.82, 2.24) is 10.3 Å². The predicted molar refractivity (Wildman–Crippen MR) is 59.3 cm³/mol. The molecule has 0 spiro atoms. The predicted octanol–water partition coefficient (Wildman–Crippen LogP) is 0.539. The molecular weight excluding hydrogens is 212 g/mol.